The van der Waals surface area contributed by atoms with Crippen molar-refractivity contribution < 1.29 is 0 Å². The lowest BCUT2D eigenvalue weighted by Crippen LogP contribution is -2.31. The van der Waals surface area contributed by atoms with Gasteiger partial charge in [0.2, 0.25) is 0 Å². The second-order valence-corrected chi connectivity index (χ2v) is 8.95. The first kappa shape index (κ1) is 20.4. The van der Waals surface area contributed by atoms with Crippen molar-refractivity contribution in [1.82, 2.24) is 4.90 Å². The van der Waals surface area contributed by atoms with E-state index in [1.165, 1.54) is 39.1 Å². The van der Waals surface area contributed by atoms with Crippen molar-refractivity contribution in [3.8, 4) is 0 Å². The number of hydrogen-bond acceptors (Lipinski definition) is 2. The van der Waals surface area contributed by atoms with E-state index < -0.39 is 0 Å². The van der Waals surface area contributed by atoms with Gasteiger partial charge >= 0.3 is 0 Å². The number of benzene rings is 2. The summed E-state index contributed by atoms with van der Waals surface area (Å²) in [5.74, 6) is 0.347. The Morgan fingerprint density at radius 2 is 1.64 bits per heavy atom. The monoisotopic (exact) mass is 374 g/mol. The molecule has 0 aromatic heterocycles. The summed E-state index contributed by atoms with van der Waals surface area (Å²) in [5.41, 5.74) is 9.19. The molecule has 1 atom stereocenters. The van der Waals surface area contributed by atoms with Crippen LogP contribution in [0, 0.1) is 20.8 Å². The van der Waals surface area contributed by atoms with E-state index in [4.69, 9.17) is 0 Å². The normalized spacial score (nSPS) is 16.6. The zero-order valence-corrected chi connectivity index (χ0v) is 18.4. The van der Waals surface area contributed by atoms with Gasteiger partial charge < -0.3 is 10.2 Å². The standard InChI is InChI=1S/C26H34N2/c1-18-15-19(2)25(20(3)16-18)27-26(4,5)24-14-9-8-12-23(24)22-13-10-11-21(22)17-28(6)7/h8-16,22,27H,17H2,1-7H3. The first-order chi connectivity index (χ1) is 13.2. The van der Waals surface area contributed by atoms with Crippen LogP contribution in [0.3, 0.4) is 0 Å². The van der Waals surface area contributed by atoms with Crippen LogP contribution in [0.15, 0.2) is 60.2 Å². The van der Waals surface area contributed by atoms with Crippen molar-refractivity contribution in [1.29, 1.82) is 0 Å². The lowest BCUT2D eigenvalue weighted by atomic mass is 9.82. The Bertz CT molecular complexity index is 893. The average Bonchev–Trinajstić information content (AvgIpc) is 3.05. The zero-order valence-electron chi connectivity index (χ0n) is 18.4. The van der Waals surface area contributed by atoms with Gasteiger partial charge in [-0.25, -0.2) is 0 Å². The van der Waals surface area contributed by atoms with Crippen molar-refractivity contribution in [3.05, 3.63) is 88.0 Å². The highest BCUT2D eigenvalue weighted by molar-refractivity contribution is 5.61. The second-order valence-electron chi connectivity index (χ2n) is 8.95. The van der Waals surface area contributed by atoms with Crippen LogP contribution in [-0.2, 0) is 5.54 Å². The second kappa shape index (κ2) is 7.97. The van der Waals surface area contributed by atoms with Crippen LogP contribution < -0.4 is 5.32 Å². The molecule has 1 aliphatic rings. The van der Waals surface area contributed by atoms with Gasteiger partial charge in [-0.1, -0.05) is 60.2 Å². The van der Waals surface area contributed by atoms with E-state index in [-0.39, 0.29) is 5.54 Å². The number of anilines is 1. The van der Waals surface area contributed by atoms with Gasteiger partial charge in [0.1, 0.15) is 0 Å². The van der Waals surface area contributed by atoms with E-state index >= 15 is 0 Å². The third-order valence-corrected chi connectivity index (χ3v) is 5.60. The molecule has 1 N–H and O–H groups in total. The SMILES string of the molecule is Cc1cc(C)c(NC(C)(C)c2ccccc2C2C=CC=C2CN(C)C)c(C)c1. The molecule has 0 aliphatic heterocycles. The molecule has 3 rings (SSSR count). The lowest BCUT2D eigenvalue weighted by molar-refractivity contribution is 0.438. The summed E-state index contributed by atoms with van der Waals surface area (Å²) in [7, 11) is 4.27. The molecule has 2 aromatic rings. The average molecular weight is 375 g/mol. The van der Waals surface area contributed by atoms with Gasteiger partial charge in [-0.05, 0) is 76.5 Å². The first-order valence-corrected chi connectivity index (χ1v) is 10.2. The van der Waals surface area contributed by atoms with Gasteiger partial charge in [-0.3, -0.25) is 0 Å². The van der Waals surface area contributed by atoms with Gasteiger partial charge in [0, 0.05) is 18.2 Å². The molecule has 0 bridgehead atoms. The van der Waals surface area contributed by atoms with Crippen molar-refractivity contribution in [2.75, 3.05) is 26.0 Å². The minimum Gasteiger partial charge on any atom is -0.376 e. The first-order valence-electron chi connectivity index (χ1n) is 10.2. The highest BCUT2D eigenvalue weighted by atomic mass is 15.0. The molecule has 0 heterocycles. The number of nitrogens with one attached hydrogen (secondary N) is 1. The molecule has 2 nitrogen and oxygen atoms in total. The number of likely N-dealkylation sites (N-methyl/N-ethyl adjacent to an activating group) is 1. The molecule has 2 heteroatoms. The number of aryl methyl sites for hydroxylation is 3. The maximum absolute atomic E-state index is 3.86. The third-order valence-electron chi connectivity index (χ3n) is 5.60. The van der Waals surface area contributed by atoms with E-state index in [0.29, 0.717) is 5.92 Å². The molecule has 148 valence electrons. The van der Waals surface area contributed by atoms with E-state index in [1.807, 2.05) is 0 Å². The van der Waals surface area contributed by atoms with Crippen LogP contribution in [-0.4, -0.2) is 25.5 Å². The molecule has 1 aliphatic carbocycles. The highest BCUT2D eigenvalue weighted by Gasteiger charge is 2.28. The van der Waals surface area contributed by atoms with Gasteiger partial charge in [-0.2, -0.15) is 0 Å². The summed E-state index contributed by atoms with van der Waals surface area (Å²) in [6.07, 6.45) is 6.81. The number of rotatable bonds is 6. The van der Waals surface area contributed by atoms with Gasteiger partial charge in [0.15, 0.2) is 0 Å². The van der Waals surface area contributed by atoms with E-state index in [1.54, 1.807) is 0 Å². The summed E-state index contributed by atoms with van der Waals surface area (Å²) < 4.78 is 0. The third kappa shape index (κ3) is 4.23. The topological polar surface area (TPSA) is 15.3 Å². The molecular formula is C26H34N2. The molecule has 28 heavy (non-hydrogen) atoms. The Balaban J connectivity index is 1.98. The summed E-state index contributed by atoms with van der Waals surface area (Å²) in [6.45, 7) is 12.1. The molecule has 2 aromatic carbocycles. The predicted molar refractivity (Wildman–Crippen MR) is 122 cm³/mol. The van der Waals surface area contributed by atoms with E-state index in [9.17, 15) is 0 Å². The molecule has 0 saturated carbocycles. The van der Waals surface area contributed by atoms with Crippen LogP contribution in [0.1, 0.15) is 47.6 Å². The Kier molecular flexibility index (Phi) is 5.81. The number of hydrogen-bond donors (Lipinski definition) is 1. The summed E-state index contributed by atoms with van der Waals surface area (Å²) in [6, 6.07) is 13.4. The molecule has 0 spiro atoms. The van der Waals surface area contributed by atoms with Crippen molar-refractivity contribution in [3.63, 3.8) is 0 Å². The molecule has 0 radical (unpaired) electrons. The van der Waals surface area contributed by atoms with Crippen molar-refractivity contribution >= 4 is 5.69 Å². The van der Waals surface area contributed by atoms with Crippen LogP contribution in [0.2, 0.25) is 0 Å². The van der Waals surface area contributed by atoms with Crippen molar-refractivity contribution in [2.45, 2.75) is 46.1 Å². The smallest absolute Gasteiger partial charge is 0.0572 e. The quantitative estimate of drug-likeness (QED) is 0.657. The maximum atomic E-state index is 3.86. The van der Waals surface area contributed by atoms with Crippen LogP contribution >= 0.6 is 0 Å². The van der Waals surface area contributed by atoms with Crippen LogP contribution in [0.5, 0.6) is 0 Å². The van der Waals surface area contributed by atoms with Gasteiger partial charge in [0.25, 0.3) is 0 Å². The molecule has 0 saturated heterocycles. The summed E-state index contributed by atoms with van der Waals surface area (Å²) in [5, 5.41) is 3.86. The predicted octanol–water partition coefficient (Wildman–Crippen LogP) is 6.10. The van der Waals surface area contributed by atoms with E-state index in [2.05, 4.69) is 114 Å². The molecular weight excluding hydrogens is 340 g/mol. The number of allylic oxidation sites excluding steroid dienone is 3. The van der Waals surface area contributed by atoms with Gasteiger partial charge in [-0.15, -0.1) is 0 Å². The Labute approximate surface area is 171 Å². The zero-order chi connectivity index (χ0) is 20.5. The fourth-order valence-electron chi connectivity index (χ4n) is 4.43. The fourth-order valence-corrected chi connectivity index (χ4v) is 4.43. The van der Waals surface area contributed by atoms with E-state index in [0.717, 1.165) is 6.54 Å². The van der Waals surface area contributed by atoms with Gasteiger partial charge in [0.05, 0.1) is 5.54 Å². The minimum atomic E-state index is -0.180. The molecule has 1 unspecified atom stereocenters. The molecule has 0 amide bonds. The largest absolute Gasteiger partial charge is 0.376 e. The highest BCUT2D eigenvalue weighted by Crippen LogP contribution is 2.38. The lowest BCUT2D eigenvalue weighted by Gasteiger charge is -2.34. The summed E-state index contributed by atoms with van der Waals surface area (Å²) >= 11 is 0. The van der Waals surface area contributed by atoms with Crippen LogP contribution in [0.25, 0.3) is 0 Å². The maximum Gasteiger partial charge on any atom is 0.0572 e. The number of nitrogens with zero attached hydrogens (tertiary/aromatic N) is 1. The Morgan fingerprint density at radius 1 is 1.00 bits per heavy atom. The fraction of sp³-hybridized carbons (Fsp3) is 0.385. The Morgan fingerprint density at radius 3 is 2.29 bits per heavy atom. The summed E-state index contributed by atoms with van der Waals surface area (Å²) in [4.78, 5) is 2.25. The molecule has 0 fully saturated rings. The van der Waals surface area contributed by atoms with Crippen LogP contribution in [0.4, 0.5) is 5.69 Å². The minimum absolute atomic E-state index is 0.180. The Hall–Kier alpha value is -2.32. The van der Waals surface area contributed by atoms with Crippen molar-refractivity contribution in [2.24, 2.45) is 0 Å².